The van der Waals surface area contributed by atoms with Gasteiger partial charge >= 0.3 is 6.01 Å². The minimum absolute atomic E-state index is 0.275. The van der Waals surface area contributed by atoms with Crippen molar-refractivity contribution in [1.29, 1.82) is 0 Å². The molecule has 0 unspecified atom stereocenters. The summed E-state index contributed by atoms with van der Waals surface area (Å²) in [5, 5.41) is 7.86. The van der Waals surface area contributed by atoms with Crippen LogP contribution in [0.1, 0.15) is 12.8 Å². The van der Waals surface area contributed by atoms with Gasteiger partial charge in [-0.3, -0.25) is 4.90 Å². The molecule has 2 aromatic rings. The minimum Gasteiger partial charge on any atom is -0.408 e. The van der Waals surface area contributed by atoms with Crippen molar-refractivity contribution < 1.29 is 8.81 Å². The lowest BCUT2D eigenvalue weighted by molar-refractivity contribution is 0.501. The number of benzene rings is 1. The zero-order valence-corrected chi connectivity index (χ0v) is 10.7. The van der Waals surface area contributed by atoms with Crippen molar-refractivity contribution in [3.8, 4) is 0 Å². The first kappa shape index (κ1) is 12.8. The lowest BCUT2D eigenvalue weighted by Crippen LogP contribution is -2.16. The van der Waals surface area contributed by atoms with Crippen LogP contribution in [0.15, 0.2) is 28.7 Å². The SMILES string of the molecule is CCN(c1ccc(F)cc1)c1nnc(CCCl)o1. The Labute approximate surface area is 109 Å². The van der Waals surface area contributed by atoms with Crippen molar-refractivity contribution in [2.24, 2.45) is 0 Å². The van der Waals surface area contributed by atoms with Crippen molar-refractivity contribution in [3.63, 3.8) is 0 Å². The lowest BCUT2D eigenvalue weighted by atomic mass is 10.3. The van der Waals surface area contributed by atoms with Gasteiger partial charge in [0.1, 0.15) is 5.82 Å². The van der Waals surface area contributed by atoms with E-state index >= 15 is 0 Å². The number of anilines is 2. The molecular weight excluding hydrogens is 257 g/mol. The third-order valence-corrected chi connectivity index (χ3v) is 2.64. The number of aryl methyl sites for hydroxylation is 1. The van der Waals surface area contributed by atoms with Crippen molar-refractivity contribution >= 4 is 23.3 Å². The van der Waals surface area contributed by atoms with Gasteiger partial charge in [0.2, 0.25) is 5.89 Å². The molecule has 0 atom stereocenters. The molecular formula is C12H13ClFN3O. The zero-order chi connectivity index (χ0) is 13.0. The van der Waals surface area contributed by atoms with Crippen LogP contribution in [-0.2, 0) is 6.42 Å². The van der Waals surface area contributed by atoms with Crippen LogP contribution >= 0.6 is 11.6 Å². The number of halogens is 2. The predicted molar refractivity (Wildman–Crippen MR) is 67.8 cm³/mol. The van der Waals surface area contributed by atoms with Crippen LogP contribution in [0.2, 0.25) is 0 Å². The van der Waals surface area contributed by atoms with E-state index in [9.17, 15) is 4.39 Å². The van der Waals surface area contributed by atoms with E-state index in [1.54, 1.807) is 12.1 Å². The first-order valence-electron chi connectivity index (χ1n) is 5.66. The van der Waals surface area contributed by atoms with Gasteiger partial charge in [0.15, 0.2) is 0 Å². The summed E-state index contributed by atoms with van der Waals surface area (Å²) in [7, 11) is 0. The van der Waals surface area contributed by atoms with Gasteiger partial charge < -0.3 is 4.42 Å². The Hall–Kier alpha value is -1.62. The Kier molecular flexibility index (Phi) is 4.15. The van der Waals surface area contributed by atoms with E-state index in [4.69, 9.17) is 16.0 Å². The average Bonchev–Trinajstić information content (AvgIpc) is 2.82. The van der Waals surface area contributed by atoms with Crippen molar-refractivity contribution in [2.45, 2.75) is 13.3 Å². The summed E-state index contributed by atoms with van der Waals surface area (Å²) in [6.07, 6.45) is 0.537. The largest absolute Gasteiger partial charge is 0.408 e. The Morgan fingerprint density at radius 2 is 2.00 bits per heavy atom. The number of rotatable bonds is 5. The van der Waals surface area contributed by atoms with Gasteiger partial charge in [-0.15, -0.1) is 16.7 Å². The number of nitrogens with zero attached hydrogens (tertiary/aromatic N) is 3. The smallest absolute Gasteiger partial charge is 0.322 e. The molecule has 1 heterocycles. The van der Waals surface area contributed by atoms with Crippen LogP contribution in [0.4, 0.5) is 16.1 Å². The van der Waals surface area contributed by atoms with Crippen LogP contribution in [0, 0.1) is 5.82 Å². The first-order chi connectivity index (χ1) is 8.74. The monoisotopic (exact) mass is 269 g/mol. The van der Waals surface area contributed by atoms with Crippen molar-refractivity contribution in [1.82, 2.24) is 10.2 Å². The average molecular weight is 270 g/mol. The number of hydrogen-bond donors (Lipinski definition) is 0. The summed E-state index contributed by atoms with van der Waals surface area (Å²) >= 11 is 5.61. The summed E-state index contributed by atoms with van der Waals surface area (Å²) < 4.78 is 18.4. The van der Waals surface area contributed by atoms with Gasteiger partial charge in [-0.1, -0.05) is 5.10 Å². The maximum Gasteiger partial charge on any atom is 0.322 e. The second-order valence-electron chi connectivity index (χ2n) is 3.64. The third-order valence-electron chi connectivity index (χ3n) is 2.45. The third kappa shape index (κ3) is 2.79. The fourth-order valence-electron chi connectivity index (χ4n) is 1.58. The highest BCUT2D eigenvalue weighted by atomic mass is 35.5. The molecule has 0 radical (unpaired) electrons. The van der Waals surface area contributed by atoms with E-state index in [-0.39, 0.29) is 5.82 Å². The van der Waals surface area contributed by atoms with E-state index < -0.39 is 0 Å². The molecule has 0 amide bonds. The van der Waals surface area contributed by atoms with Gasteiger partial charge in [-0.2, -0.15) is 0 Å². The van der Waals surface area contributed by atoms with Gasteiger partial charge in [0.25, 0.3) is 0 Å². The molecule has 0 bridgehead atoms. The van der Waals surface area contributed by atoms with Crippen LogP contribution in [0.5, 0.6) is 0 Å². The van der Waals surface area contributed by atoms with Crippen molar-refractivity contribution in [3.05, 3.63) is 36.0 Å². The van der Waals surface area contributed by atoms with Gasteiger partial charge in [-0.25, -0.2) is 4.39 Å². The van der Waals surface area contributed by atoms with E-state index in [0.717, 1.165) is 5.69 Å². The van der Waals surface area contributed by atoms with Crippen molar-refractivity contribution in [2.75, 3.05) is 17.3 Å². The van der Waals surface area contributed by atoms with Crippen LogP contribution < -0.4 is 4.90 Å². The summed E-state index contributed by atoms with van der Waals surface area (Å²) in [5.74, 6) is 0.660. The molecule has 96 valence electrons. The number of aromatic nitrogens is 2. The molecule has 0 aliphatic rings. The molecule has 0 N–H and O–H groups in total. The standard InChI is InChI=1S/C12H13ClFN3O/c1-2-17(10-5-3-9(14)4-6-10)12-16-15-11(18-12)7-8-13/h3-6H,2,7-8H2,1H3. The predicted octanol–water partition coefficient (Wildman–Crippen LogP) is 3.15. The molecule has 4 nitrogen and oxygen atoms in total. The van der Waals surface area contributed by atoms with E-state index in [0.29, 0.717) is 30.8 Å². The number of hydrogen-bond acceptors (Lipinski definition) is 4. The maximum absolute atomic E-state index is 12.9. The molecule has 2 rings (SSSR count). The van der Waals surface area contributed by atoms with Crippen LogP contribution in [-0.4, -0.2) is 22.6 Å². The van der Waals surface area contributed by atoms with Gasteiger partial charge in [0.05, 0.1) is 0 Å². The van der Waals surface area contributed by atoms with Gasteiger partial charge in [-0.05, 0) is 31.2 Å². The molecule has 0 aliphatic heterocycles. The fourth-order valence-corrected chi connectivity index (χ4v) is 1.75. The molecule has 0 spiro atoms. The summed E-state index contributed by atoms with van der Waals surface area (Å²) in [4.78, 5) is 1.81. The molecule has 6 heteroatoms. The van der Waals surface area contributed by atoms with Gasteiger partial charge in [0, 0.05) is 24.5 Å². The molecule has 1 aromatic heterocycles. The quantitative estimate of drug-likeness (QED) is 0.782. The molecule has 0 saturated heterocycles. The molecule has 0 aliphatic carbocycles. The maximum atomic E-state index is 12.9. The second kappa shape index (κ2) is 5.82. The summed E-state index contributed by atoms with van der Waals surface area (Å²) in [6, 6.07) is 6.53. The zero-order valence-electron chi connectivity index (χ0n) is 9.94. The Balaban J connectivity index is 2.24. The molecule has 1 aromatic carbocycles. The number of alkyl halides is 1. The van der Waals surface area contributed by atoms with Crippen LogP contribution in [0.25, 0.3) is 0 Å². The van der Waals surface area contributed by atoms with E-state index in [1.807, 2.05) is 11.8 Å². The molecule has 18 heavy (non-hydrogen) atoms. The normalized spacial score (nSPS) is 10.6. The summed E-state index contributed by atoms with van der Waals surface area (Å²) in [6.45, 7) is 2.60. The van der Waals surface area contributed by atoms with E-state index in [1.165, 1.54) is 12.1 Å². The Bertz CT molecular complexity index is 500. The molecule has 0 fully saturated rings. The second-order valence-corrected chi connectivity index (χ2v) is 4.02. The lowest BCUT2D eigenvalue weighted by Gasteiger charge is -2.17. The fraction of sp³-hybridized carbons (Fsp3) is 0.333. The summed E-state index contributed by atoms with van der Waals surface area (Å²) in [5.41, 5.74) is 0.806. The van der Waals surface area contributed by atoms with Crippen LogP contribution in [0.3, 0.4) is 0 Å². The highest BCUT2D eigenvalue weighted by Crippen LogP contribution is 2.24. The Morgan fingerprint density at radius 3 is 2.61 bits per heavy atom. The first-order valence-corrected chi connectivity index (χ1v) is 6.19. The Morgan fingerprint density at radius 1 is 1.28 bits per heavy atom. The molecule has 0 saturated carbocycles. The highest BCUT2D eigenvalue weighted by molar-refractivity contribution is 6.17. The minimum atomic E-state index is -0.275. The topological polar surface area (TPSA) is 42.2 Å². The highest BCUT2D eigenvalue weighted by Gasteiger charge is 2.14. The van der Waals surface area contributed by atoms with E-state index in [2.05, 4.69) is 10.2 Å².